The van der Waals surface area contributed by atoms with Crippen molar-refractivity contribution in [1.29, 1.82) is 0 Å². The number of carbonyl (C=O) groups is 1. The fourth-order valence-electron chi connectivity index (χ4n) is 0.653. The van der Waals surface area contributed by atoms with Crippen LogP contribution in [0.2, 0.25) is 0 Å². The highest BCUT2D eigenvalue weighted by atomic mass is 127. The number of rotatable bonds is 6. The monoisotopic (exact) mass is 256 g/mol. The van der Waals surface area contributed by atoms with Gasteiger partial charge in [-0.2, -0.15) is 0 Å². The highest BCUT2D eigenvalue weighted by molar-refractivity contribution is 14.1. The lowest BCUT2D eigenvalue weighted by molar-refractivity contribution is -0.128. The van der Waals surface area contributed by atoms with E-state index in [1.54, 1.807) is 0 Å². The first-order chi connectivity index (χ1) is 4.81. The molecular weight excluding hydrogens is 243 g/mol. The fraction of sp³-hybridized carbons (Fsp3) is 0.857. The Balaban J connectivity index is 3.07. The number of unbranched alkanes of at least 4 members (excludes halogenated alkanes) is 1. The maximum Gasteiger partial charge on any atom is 0.293 e. The summed E-state index contributed by atoms with van der Waals surface area (Å²) in [6.45, 7) is 3.23. The van der Waals surface area contributed by atoms with Crippen LogP contribution in [0.25, 0.3) is 0 Å². The van der Waals surface area contributed by atoms with E-state index in [2.05, 4.69) is 34.3 Å². The van der Waals surface area contributed by atoms with Gasteiger partial charge < -0.3 is 4.74 Å². The van der Waals surface area contributed by atoms with Crippen LogP contribution in [-0.4, -0.2) is 17.0 Å². The molecule has 0 N–H and O–H groups in total. The van der Waals surface area contributed by atoms with Gasteiger partial charge in [0, 0.05) is 3.92 Å². The van der Waals surface area contributed by atoms with Gasteiger partial charge in [0.2, 0.25) is 0 Å². The van der Waals surface area contributed by atoms with Gasteiger partial charge in [-0.3, -0.25) is 4.79 Å². The van der Waals surface area contributed by atoms with E-state index in [0.29, 0.717) is 17.0 Å². The van der Waals surface area contributed by atoms with E-state index < -0.39 is 0 Å². The molecular formula is C7H13IO2. The zero-order valence-corrected chi connectivity index (χ0v) is 8.34. The van der Waals surface area contributed by atoms with Gasteiger partial charge in [0.25, 0.3) is 6.47 Å². The molecule has 10 heavy (non-hydrogen) atoms. The van der Waals surface area contributed by atoms with Gasteiger partial charge in [0.05, 0.1) is 0 Å². The van der Waals surface area contributed by atoms with Crippen LogP contribution in [0.4, 0.5) is 0 Å². The minimum Gasteiger partial charge on any atom is -0.467 e. The lowest BCUT2D eigenvalue weighted by Gasteiger charge is -2.05. The third kappa shape index (κ3) is 6.32. The first-order valence-corrected chi connectivity index (χ1v) is 4.75. The molecule has 0 aliphatic heterocycles. The largest absolute Gasteiger partial charge is 0.467 e. The lowest BCUT2D eigenvalue weighted by atomic mass is 10.2. The van der Waals surface area contributed by atoms with E-state index in [1.165, 1.54) is 12.8 Å². The molecule has 1 unspecified atom stereocenters. The van der Waals surface area contributed by atoms with E-state index >= 15 is 0 Å². The standard InChI is InChI=1S/C7H13IO2/c1-2-3-4-7(8)5-10-6-9/h6-7H,2-5H2,1H3. The minimum absolute atomic E-state index is 0.489. The van der Waals surface area contributed by atoms with Gasteiger partial charge in [0.1, 0.15) is 6.61 Å². The van der Waals surface area contributed by atoms with Crippen molar-refractivity contribution in [3.8, 4) is 0 Å². The molecule has 0 aliphatic carbocycles. The van der Waals surface area contributed by atoms with Crippen LogP contribution in [0.15, 0.2) is 0 Å². The normalized spacial score (nSPS) is 12.6. The molecule has 0 bridgehead atoms. The number of halogens is 1. The molecule has 0 aromatic carbocycles. The molecule has 0 saturated carbocycles. The smallest absolute Gasteiger partial charge is 0.293 e. The SMILES string of the molecule is CCCCC(I)COC=O. The van der Waals surface area contributed by atoms with E-state index in [-0.39, 0.29) is 0 Å². The summed E-state index contributed by atoms with van der Waals surface area (Å²) >= 11 is 2.30. The second-order valence-corrected chi connectivity index (χ2v) is 3.93. The lowest BCUT2D eigenvalue weighted by Crippen LogP contribution is -2.06. The first kappa shape index (κ1) is 10.2. The van der Waals surface area contributed by atoms with Crippen molar-refractivity contribution < 1.29 is 9.53 Å². The van der Waals surface area contributed by atoms with Crippen molar-refractivity contribution in [3.63, 3.8) is 0 Å². The predicted molar refractivity (Wildman–Crippen MR) is 49.3 cm³/mol. The Morgan fingerprint density at radius 3 is 2.90 bits per heavy atom. The molecule has 0 fully saturated rings. The van der Waals surface area contributed by atoms with Gasteiger partial charge in [0.15, 0.2) is 0 Å². The van der Waals surface area contributed by atoms with Gasteiger partial charge >= 0.3 is 0 Å². The highest BCUT2D eigenvalue weighted by Gasteiger charge is 2.01. The molecule has 0 aliphatic rings. The Kier molecular flexibility index (Phi) is 7.45. The highest BCUT2D eigenvalue weighted by Crippen LogP contribution is 2.09. The Hall–Kier alpha value is 0.200. The molecule has 0 saturated heterocycles. The van der Waals surface area contributed by atoms with Gasteiger partial charge in [-0.1, -0.05) is 42.4 Å². The number of ether oxygens (including phenoxy) is 1. The van der Waals surface area contributed by atoms with Crippen molar-refractivity contribution >= 4 is 29.1 Å². The molecule has 0 amide bonds. The predicted octanol–water partition coefficient (Wildman–Crippen LogP) is 2.15. The van der Waals surface area contributed by atoms with E-state index in [0.717, 1.165) is 6.42 Å². The molecule has 3 heteroatoms. The van der Waals surface area contributed by atoms with Crippen LogP contribution in [0, 0.1) is 0 Å². The molecule has 0 rings (SSSR count). The summed E-state index contributed by atoms with van der Waals surface area (Å²) in [5.74, 6) is 0. The Labute approximate surface area is 75.5 Å². The summed E-state index contributed by atoms with van der Waals surface area (Å²) in [5.41, 5.74) is 0. The third-order valence-electron chi connectivity index (χ3n) is 1.22. The maximum atomic E-state index is 9.76. The topological polar surface area (TPSA) is 26.3 Å². The zero-order valence-electron chi connectivity index (χ0n) is 6.18. The number of hydrogen-bond acceptors (Lipinski definition) is 2. The zero-order chi connectivity index (χ0) is 7.82. The van der Waals surface area contributed by atoms with Crippen molar-refractivity contribution in [1.82, 2.24) is 0 Å². The number of hydrogen-bond donors (Lipinski definition) is 0. The quantitative estimate of drug-likeness (QED) is 0.413. The van der Waals surface area contributed by atoms with Crippen LogP contribution in [0.3, 0.4) is 0 Å². The summed E-state index contributed by atoms with van der Waals surface area (Å²) in [7, 11) is 0. The molecule has 1 atom stereocenters. The first-order valence-electron chi connectivity index (χ1n) is 3.50. The van der Waals surface area contributed by atoms with Crippen molar-refractivity contribution in [2.75, 3.05) is 6.61 Å². The summed E-state index contributed by atoms with van der Waals surface area (Å²) in [6, 6.07) is 0. The van der Waals surface area contributed by atoms with Crippen LogP contribution >= 0.6 is 22.6 Å². The van der Waals surface area contributed by atoms with Gasteiger partial charge in [-0.05, 0) is 6.42 Å². The van der Waals surface area contributed by atoms with Gasteiger partial charge in [-0.15, -0.1) is 0 Å². The van der Waals surface area contributed by atoms with E-state index in [9.17, 15) is 4.79 Å². The fourth-order valence-corrected chi connectivity index (χ4v) is 1.30. The van der Waals surface area contributed by atoms with Gasteiger partial charge in [-0.25, -0.2) is 0 Å². The molecule has 0 aromatic heterocycles. The van der Waals surface area contributed by atoms with Crippen LogP contribution in [-0.2, 0) is 9.53 Å². The minimum atomic E-state index is 0.489. The molecule has 2 nitrogen and oxygen atoms in total. The summed E-state index contributed by atoms with van der Waals surface area (Å²) in [6.07, 6.45) is 3.57. The van der Waals surface area contributed by atoms with E-state index in [4.69, 9.17) is 0 Å². The molecule has 0 aromatic rings. The van der Waals surface area contributed by atoms with Crippen LogP contribution in [0.5, 0.6) is 0 Å². The average molecular weight is 256 g/mol. The molecule has 0 spiro atoms. The average Bonchev–Trinajstić information content (AvgIpc) is 1.97. The summed E-state index contributed by atoms with van der Waals surface area (Å²) in [4.78, 5) is 9.76. The Morgan fingerprint density at radius 2 is 2.40 bits per heavy atom. The second-order valence-electron chi connectivity index (χ2n) is 2.17. The Bertz CT molecular complexity index is 85.7. The number of carbonyl (C=O) groups excluding carboxylic acids is 1. The van der Waals surface area contributed by atoms with Crippen molar-refractivity contribution in [2.45, 2.75) is 30.1 Å². The maximum absolute atomic E-state index is 9.76. The summed E-state index contributed by atoms with van der Waals surface area (Å²) < 4.78 is 5.09. The second kappa shape index (κ2) is 7.31. The molecule has 0 radical (unpaired) electrons. The third-order valence-corrected chi connectivity index (χ3v) is 2.20. The van der Waals surface area contributed by atoms with Crippen molar-refractivity contribution in [3.05, 3.63) is 0 Å². The molecule has 0 heterocycles. The Morgan fingerprint density at radius 1 is 1.70 bits per heavy atom. The summed E-state index contributed by atoms with van der Waals surface area (Å²) in [5, 5.41) is 0. The number of alkyl halides is 1. The molecule has 60 valence electrons. The van der Waals surface area contributed by atoms with Crippen LogP contribution in [0.1, 0.15) is 26.2 Å². The van der Waals surface area contributed by atoms with Crippen molar-refractivity contribution in [2.24, 2.45) is 0 Å². The van der Waals surface area contributed by atoms with E-state index in [1.807, 2.05) is 0 Å². The van der Waals surface area contributed by atoms with Crippen LogP contribution < -0.4 is 0 Å².